The van der Waals surface area contributed by atoms with E-state index in [4.69, 9.17) is 16.6 Å². The van der Waals surface area contributed by atoms with E-state index in [2.05, 4.69) is 10.4 Å². The van der Waals surface area contributed by atoms with Crippen molar-refractivity contribution < 1.29 is 19.5 Å². The summed E-state index contributed by atoms with van der Waals surface area (Å²) < 4.78 is 4.57. The van der Waals surface area contributed by atoms with Crippen molar-refractivity contribution in [3.8, 4) is 12.3 Å². The predicted octanol–water partition coefficient (Wildman–Crippen LogP) is -0.367. The zero-order valence-electron chi connectivity index (χ0n) is 5.07. The number of carbonyl (C=O) groups is 1. The molecule has 0 aliphatic carbocycles. The normalized spacial score (nSPS) is 13.2. The second-order valence-corrected chi connectivity index (χ2v) is 2.42. The molecule has 0 amide bonds. The van der Waals surface area contributed by atoms with E-state index in [0.29, 0.717) is 0 Å². The summed E-state index contributed by atoms with van der Waals surface area (Å²) in [6.07, 6.45) is 4.79. The molecule has 0 radical (unpaired) electrons. The van der Waals surface area contributed by atoms with Gasteiger partial charge in [0, 0.05) is 0 Å². The third-order valence-electron chi connectivity index (χ3n) is 0.584. The first-order valence-electron chi connectivity index (χ1n) is 2.40. The average molecular weight is 162 g/mol. The van der Waals surface area contributed by atoms with E-state index in [1.54, 1.807) is 0 Å². The molecule has 56 valence electrons. The zero-order valence-corrected chi connectivity index (χ0v) is 6.07. The van der Waals surface area contributed by atoms with Gasteiger partial charge in [0.05, 0.1) is 8.81 Å². The number of terminal acetylenes is 1. The van der Waals surface area contributed by atoms with Crippen molar-refractivity contribution in [3.05, 3.63) is 0 Å². The minimum absolute atomic E-state index is 0.0305. The maximum Gasteiger partial charge on any atom is 0.339 e. The highest BCUT2D eigenvalue weighted by molar-refractivity contribution is 7.34. The Bertz CT molecular complexity index is 150. The summed E-state index contributed by atoms with van der Waals surface area (Å²) in [5, 5.41) is 16.7. The molecule has 0 rings (SSSR count). The van der Waals surface area contributed by atoms with Gasteiger partial charge >= 0.3 is 5.97 Å². The van der Waals surface area contributed by atoms with E-state index in [1.165, 1.54) is 0 Å². The highest BCUT2D eigenvalue weighted by Gasteiger charge is 2.12. The summed E-state index contributed by atoms with van der Waals surface area (Å²) >= 11 is 0. The smallest absolute Gasteiger partial charge is 0.339 e. The predicted molar refractivity (Wildman–Crippen MR) is 36.7 cm³/mol. The summed E-state index contributed by atoms with van der Waals surface area (Å²) in [5.74, 6) is -0.604. The van der Waals surface area contributed by atoms with Gasteiger partial charge in [-0.05, 0) is 0 Å². The Morgan fingerprint density at radius 2 is 2.50 bits per heavy atom. The van der Waals surface area contributed by atoms with Crippen LogP contribution < -0.4 is 0 Å². The van der Waals surface area contributed by atoms with Crippen molar-refractivity contribution in [2.75, 3.05) is 6.61 Å². The zero-order chi connectivity index (χ0) is 7.98. The molecule has 0 aliphatic rings. The van der Waals surface area contributed by atoms with Crippen molar-refractivity contribution >= 4 is 14.8 Å². The molecule has 0 saturated heterocycles. The molecule has 0 heterocycles. The lowest BCUT2D eigenvalue weighted by atomic mass is 10.7. The largest absolute Gasteiger partial charge is 0.479 e. The molecule has 2 N–H and O–H groups in total. The standard InChI is InChI=1S/C5H7O4P/c1-2-3-9-10-5(8)4(6)7/h1,5,8,10H,3H2,(H,6,7). The quantitative estimate of drug-likeness (QED) is 0.336. The third kappa shape index (κ3) is 4.28. The molecule has 10 heavy (non-hydrogen) atoms. The number of rotatable bonds is 4. The van der Waals surface area contributed by atoms with Gasteiger partial charge in [0.2, 0.25) is 0 Å². The van der Waals surface area contributed by atoms with Crippen molar-refractivity contribution in [2.45, 2.75) is 5.85 Å². The molecule has 5 heteroatoms. The topological polar surface area (TPSA) is 66.8 Å². The Hall–Kier alpha value is -0.620. The molecular weight excluding hydrogens is 155 g/mol. The number of carboxylic acids is 1. The summed E-state index contributed by atoms with van der Waals surface area (Å²) in [4.78, 5) is 9.92. The number of hydrogen-bond donors (Lipinski definition) is 2. The van der Waals surface area contributed by atoms with Crippen LogP contribution in [0.15, 0.2) is 0 Å². The first-order chi connectivity index (χ1) is 4.68. The molecule has 0 fully saturated rings. The Labute approximate surface area is 60.1 Å². The third-order valence-corrected chi connectivity index (χ3v) is 1.37. The maximum absolute atomic E-state index is 9.92. The molecule has 2 atom stereocenters. The molecule has 2 unspecified atom stereocenters. The Balaban J connectivity index is 3.32. The number of aliphatic hydroxyl groups is 1. The van der Waals surface area contributed by atoms with Gasteiger partial charge in [-0.1, -0.05) is 5.92 Å². The van der Waals surface area contributed by atoms with Crippen molar-refractivity contribution in [2.24, 2.45) is 0 Å². The second-order valence-electron chi connectivity index (χ2n) is 1.35. The lowest BCUT2D eigenvalue weighted by molar-refractivity contribution is -0.142. The van der Waals surface area contributed by atoms with E-state index in [0.717, 1.165) is 0 Å². The molecule has 0 aromatic rings. The van der Waals surface area contributed by atoms with Gasteiger partial charge in [0.1, 0.15) is 6.61 Å². The molecule has 0 spiro atoms. The molecular formula is C5H7O4P. The summed E-state index contributed by atoms with van der Waals surface area (Å²) in [6, 6.07) is 0. The maximum atomic E-state index is 9.92. The fraction of sp³-hybridized carbons (Fsp3) is 0.400. The molecule has 0 aromatic carbocycles. The van der Waals surface area contributed by atoms with Crippen LogP contribution in [0.4, 0.5) is 0 Å². The fourth-order valence-corrected chi connectivity index (χ4v) is 0.638. The van der Waals surface area contributed by atoms with Crippen molar-refractivity contribution in [1.82, 2.24) is 0 Å². The van der Waals surface area contributed by atoms with Crippen LogP contribution in [0.3, 0.4) is 0 Å². The van der Waals surface area contributed by atoms with Gasteiger partial charge in [-0.25, -0.2) is 4.79 Å². The Morgan fingerprint density at radius 3 is 2.90 bits per heavy atom. The van der Waals surface area contributed by atoms with Gasteiger partial charge in [-0.15, -0.1) is 6.42 Å². The van der Waals surface area contributed by atoms with Crippen LogP contribution >= 0.6 is 8.81 Å². The first-order valence-corrected chi connectivity index (χ1v) is 3.38. The van der Waals surface area contributed by atoms with Gasteiger partial charge in [0.15, 0.2) is 5.85 Å². The van der Waals surface area contributed by atoms with Crippen LogP contribution in [-0.4, -0.2) is 28.6 Å². The number of aliphatic carboxylic acids is 1. The Kier molecular flexibility index (Phi) is 4.87. The van der Waals surface area contributed by atoms with Gasteiger partial charge in [-0.2, -0.15) is 0 Å². The van der Waals surface area contributed by atoms with Crippen molar-refractivity contribution in [3.63, 3.8) is 0 Å². The van der Waals surface area contributed by atoms with Crippen LogP contribution in [-0.2, 0) is 9.32 Å². The molecule has 0 aromatic heterocycles. The number of carboxylic acid groups (broad SMARTS) is 1. The van der Waals surface area contributed by atoms with E-state index in [9.17, 15) is 4.79 Å². The lowest BCUT2D eigenvalue weighted by Gasteiger charge is -2.02. The van der Waals surface area contributed by atoms with Crippen LogP contribution in [0.25, 0.3) is 0 Å². The minimum Gasteiger partial charge on any atom is -0.479 e. The second kappa shape index (κ2) is 5.19. The van der Waals surface area contributed by atoms with Crippen LogP contribution in [0.2, 0.25) is 0 Å². The van der Waals surface area contributed by atoms with E-state index in [-0.39, 0.29) is 6.61 Å². The fourth-order valence-electron chi connectivity index (χ4n) is 0.213. The van der Waals surface area contributed by atoms with E-state index < -0.39 is 20.6 Å². The van der Waals surface area contributed by atoms with Gasteiger partial charge in [0.25, 0.3) is 0 Å². The first kappa shape index (κ1) is 9.38. The number of hydrogen-bond acceptors (Lipinski definition) is 3. The Morgan fingerprint density at radius 1 is 1.90 bits per heavy atom. The van der Waals surface area contributed by atoms with E-state index in [1.807, 2.05) is 0 Å². The molecule has 4 nitrogen and oxygen atoms in total. The van der Waals surface area contributed by atoms with Gasteiger partial charge in [-0.3, -0.25) is 0 Å². The van der Waals surface area contributed by atoms with Crippen LogP contribution in [0.5, 0.6) is 0 Å². The summed E-state index contributed by atoms with van der Waals surface area (Å²) in [7, 11) is -0.493. The number of aliphatic hydroxyl groups excluding tert-OH is 1. The van der Waals surface area contributed by atoms with E-state index >= 15 is 0 Å². The molecule has 0 aliphatic heterocycles. The SMILES string of the molecule is C#CCOPC(O)C(=O)O. The van der Waals surface area contributed by atoms with Crippen molar-refractivity contribution in [1.29, 1.82) is 0 Å². The highest BCUT2D eigenvalue weighted by atomic mass is 31.1. The molecule has 0 saturated carbocycles. The average Bonchev–Trinajstić information content (AvgIpc) is 1.88. The lowest BCUT2D eigenvalue weighted by Crippen LogP contribution is -2.13. The molecule has 0 bridgehead atoms. The van der Waals surface area contributed by atoms with Crippen LogP contribution in [0, 0.1) is 12.3 Å². The monoisotopic (exact) mass is 162 g/mol. The minimum atomic E-state index is -1.45. The van der Waals surface area contributed by atoms with Crippen LogP contribution in [0.1, 0.15) is 0 Å². The summed E-state index contributed by atoms with van der Waals surface area (Å²) in [5.41, 5.74) is 0. The summed E-state index contributed by atoms with van der Waals surface area (Å²) in [6.45, 7) is 0.0305. The van der Waals surface area contributed by atoms with Gasteiger partial charge < -0.3 is 14.7 Å². The highest BCUT2D eigenvalue weighted by Crippen LogP contribution is 2.17.